The molecule has 5 aliphatic rings. The molecule has 6 aromatic rings. The lowest BCUT2D eigenvalue weighted by atomic mass is 9.72. The number of nitrogens with zero attached hydrogens (tertiary/aromatic N) is 8. The molecule has 0 bridgehead atoms. The number of anilines is 4. The van der Waals surface area contributed by atoms with Gasteiger partial charge in [-0.15, -0.1) is 11.3 Å². The fourth-order valence-electron chi connectivity index (χ4n) is 11.4. The minimum atomic E-state index is -1.23. The van der Waals surface area contributed by atoms with Crippen LogP contribution in [0, 0.1) is 17.0 Å². The Morgan fingerprint density at radius 2 is 1.74 bits per heavy atom. The number of likely N-dealkylation sites (tertiary alicyclic amines) is 1. The van der Waals surface area contributed by atoms with E-state index in [1.165, 1.54) is 28.2 Å². The second kappa shape index (κ2) is 16.8. The maximum Gasteiger partial charge on any atom is 0.257 e. The van der Waals surface area contributed by atoms with E-state index in [2.05, 4.69) is 35.4 Å². The van der Waals surface area contributed by atoms with E-state index in [0.717, 1.165) is 49.4 Å². The van der Waals surface area contributed by atoms with E-state index in [1.807, 2.05) is 54.0 Å². The summed E-state index contributed by atoms with van der Waals surface area (Å²) in [5.41, 5.74) is 4.05. The Labute approximate surface area is 394 Å². The van der Waals surface area contributed by atoms with Gasteiger partial charge < -0.3 is 29.7 Å². The standard InChI is InChI=1S/C49H51F2N11O5S/c1-28-19-49(67,20-29(2)62(28)39-11-7-32(18-36(39)51)54-37-10-12-41(63)55-45(37)65)21-42(64)60-25-48(26-60)23-59(24-48)33-8-5-30(6-9-33)31-16-35(50)34-22-61(57-38(34)17-31)44(46(66)56-47-52-13-15-68-47)43-40-4-3-14-58(40)27-53-43/h5-9,11,13,15-18,22,27-29,37,44,54,67H,3-4,10,12,14,19-21,23-26H2,1-2H3,(H,52,56,66)(H,55,63,65)/t28-,29+,37?,44?,49?. The molecule has 5 aliphatic heterocycles. The highest BCUT2D eigenvalue weighted by atomic mass is 32.1. The third kappa shape index (κ3) is 8.03. The molecule has 11 rings (SSSR count). The number of benzene rings is 3. The number of nitrogens with one attached hydrogen (secondary N) is 3. The van der Waals surface area contributed by atoms with Gasteiger partial charge in [-0.25, -0.2) is 18.7 Å². The highest BCUT2D eigenvalue weighted by Crippen LogP contribution is 2.44. The number of halogens is 2. The van der Waals surface area contributed by atoms with E-state index >= 15 is 8.78 Å². The van der Waals surface area contributed by atoms with Crippen LogP contribution in [-0.2, 0) is 32.1 Å². The Balaban J connectivity index is 0.695. The van der Waals surface area contributed by atoms with E-state index < -0.39 is 35.2 Å². The summed E-state index contributed by atoms with van der Waals surface area (Å²) in [7, 11) is 0. The number of piperidine rings is 2. The van der Waals surface area contributed by atoms with Crippen molar-refractivity contribution in [2.24, 2.45) is 5.41 Å². The van der Waals surface area contributed by atoms with Gasteiger partial charge in [0, 0.05) is 91.5 Å². The lowest BCUT2D eigenvalue weighted by Gasteiger charge is -2.61. The number of aromatic nitrogens is 5. The summed E-state index contributed by atoms with van der Waals surface area (Å²) in [6.45, 7) is 7.48. The lowest BCUT2D eigenvalue weighted by Crippen LogP contribution is -2.73. The molecule has 16 nitrogen and oxygen atoms in total. The number of carbonyl (C=O) groups excluding carboxylic acids is 4. The molecule has 1 spiro atoms. The maximum atomic E-state index is 15.9. The summed E-state index contributed by atoms with van der Waals surface area (Å²) < 4.78 is 35.0. The van der Waals surface area contributed by atoms with E-state index in [-0.39, 0.29) is 48.1 Å². The first kappa shape index (κ1) is 43.8. The van der Waals surface area contributed by atoms with Crippen LogP contribution < -0.4 is 25.8 Å². The fraction of sp³-hybridized carbons (Fsp3) is 0.408. The van der Waals surface area contributed by atoms with Gasteiger partial charge >= 0.3 is 0 Å². The highest BCUT2D eigenvalue weighted by Gasteiger charge is 2.54. The first-order valence-corrected chi connectivity index (χ1v) is 24.0. The SMILES string of the molecule is C[C@@H]1CC(O)(CC(=O)N2CC3(C2)CN(c2ccc(-c4cc(F)c5cn(C(C(=O)Nc6nccs6)c6ncn7c6CCC7)nc5c4)cc2)C3)C[C@H](C)N1c1ccc(NC2CCC(=O)NC2=O)cc1F. The Kier molecular flexibility index (Phi) is 10.8. The number of aryl methyl sites for hydroxylation is 1. The summed E-state index contributed by atoms with van der Waals surface area (Å²) in [6, 6.07) is 14.0. The van der Waals surface area contributed by atoms with Crippen LogP contribution in [0.25, 0.3) is 22.0 Å². The zero-order valence-corrected chi connectivity index (χ0v) is 38.4. The van der Waals surface area contributed by atoms with Crippen LogP contribution in [0.2, 0.25) is 0 Å². The molecule has 4 amide bonds. The van der Waals surface area contributed by atoms with Crippen LogP contribution in [0.5, 0.6) is 0 Å². The average Bonchev–Trinajstić information content (AvgIpc) is 4.09. The molecule has 4 N–H and O–H groups in total. The molecule has 8 heterocycles. The number of aliphatic hydroxyl groups is 1. The molecule has 3 unspecified atom stereocenters. The smallest absolute Gasteiger partial charge is 0.257 e. The average molecular weight is 944 g/mol. The third-order valence-corrected chi connectivity index (χ3v) is 15.1. The van der Waals surface area contributed by atoms with Gasteiger partial charge in [-0.3, -0.25) is 34.5 Å². The van der Waals surface area contributed by atoms with Gasteiger partial charge in [0.15, 0.2) is 11.2 Å². The molecule has 0 saturated carbocycles. The van der Waals surface area contributed by atoms with E-state index in [1.54, 1.807) is 36.2 Å². The van der Waals surface area contributed by atoms with Crippen LogP contribution in [0.1, 0.15) is 69.8 Å². The molecule has 68 heavy (non-hydrogen) atoms. The van der Waals surface area contributed by atoms with Crippen molar-refractivity contribution in [1.82, 2.24) is 34.5 Å². The zero-order chi connectivity index (χ0) is 47.1. The van der Waals surface area contributed by atoms with Gasteiger partial charge in [-0.05, 0) is 99.5 Å². The summed E-state index contributed by atoms with van der Waals surface area (Å²) >= 11 is 1.31. The van der Waals surface area contributed by atoms with Crippen LogP contribution in [0.3, 0.4) is 0 Å². The van der Waals surface area contributed by atoms with Crippen molar-refractivity contribution in [2.75, 3.05) is 46.6 Å². The molecular weight excluding hydrogens is 893 g/mol. The van der Waals surface area contributed by atoms with E-state index in [9.17, 15) is 24.3 Å². The quantitative estimate of drug-likeness (QED) is 0.114. The minimum Gasteiger partial charge on any atom is -0.389 e. The minimum absolute atomic E-state index is 0.00374. The van der Waals surface area contributed by atoms with E-state index in [0.29, 0.717) is 71.0 Å². The second-order valence-corrected chi connectivity index (χ2v) is 20.4. The Morgan fingerprint density at radius 1 is 0.956 bits per heavy atom. The molecule has 19 heteroatoms. The monoisotopic (exact) mass is 943 g/mol. The summed E-state index contributed by atoms with van der Waals surface area (Å²) in [6.07, 6.45) is 7.82. The molecule has 0 aliphatic carbocycles. The Morgan fingerprint density at radius 3 is 2.46 bits per heavy atom. The van der Waals surface area contributed by atoms with Crippen molar-refractivity contribution in [3.05, 3.63) is 102 Å². The molecule has 0 radical (unpaired) electrons. The number of amides is 4. The van der Waals surface area contributed by atoms with Crippen molar-refractivity contribution in [2.45, 2.75) is 95.1 Å². The number of thiazole rings is 1. The van der Waals surface area contributed by atoms with Gasteiger partial charge in [0.1, 0.15) is 17.7 Å². The molecule has 3 aromatic heterocycles. The Bertz CT molecular complexity index is 2950. The topological polar surface area (TPSA) is 183 Å². The van der Waals surface area contributed by atoms with Gasteiger partial charge in [0.2, 0.25) is 17.7 Å². The van der Waals surface area contributed by atoms with Crippen molar-refractivity contribution < 1.29 is 33.1 Å². The van der Waals surface area contributed by atoms with Crippen LogP contribution in [-0.4, -0.2) is 108 Å². The summed E-state index contributed by atoms with van der Waals surface area (Å²) in [5, 5.41) is 27.3. The first-order valence-electron chi connectivity index (χ1n) is 23.2. The van der Waals surface area contributed by atoms with Gasteiger partial charge in [-0.1, -0.05) is 12.1 Å². The lowest BCUT2D eigenvalue weighted by molar-refractivity contribution is -0.152. The molecule has 5 atom stereocenters. The number of imide groups is 1. The van der Waals surface area contributed by atoms with Gasteiger partial charge in [-0.2, -0.15) is 5.10 Å². The number of rotatable bonds is 11. The predicted octanol–water partition coefficient (Wildman–Crippen LogP) is 5.87. The number of fused-ring (bicyclic) bond motifs is 2. The number of imidazole rings is 1. The second-order valence-electron chi connectivity index (χ2n) is 19.5. The van der Waals surface area contributed by atoms with Crippen molar-refractivity contribution in [3.63, 3.8) is 0 Å². The van der Waals surface area contributed by atoms with Gasteiger partial charge in [0.05, 0.1) is 40.6 Å². The van der Waals surface area contributed by atoms with Crippen molar-refractivity contribution in [3.8, 4) is 11.1 Å². The number of carbonyl (C=O) groups is 4. The molecule has 352 valence electrons. The predicted molar refractivity (Wildman–Crippen MR) is 252 cm³/mol. The van der Waals surface area contributed by atoms with Crippen LogP contribution in [0.15, 0.2) is 78.7 Å². The normalized spacial score (nSPS) is 23.5. The number of hydrogen-bond donors (Lipinski definition) is 4. The molecular formula is C49H51F2N11O5S. The molecule has 4 fully saturated rings. The summed E-state index contributed by atoms with van der Waals surface area (Å²) in [5.74, 6) is -2.10. The van der Waals surface area contributed by atoms with Crippen molar-refractivity contribution in [1.29, 1.82) is 0 Å². The maximum absolute atomic E-state index is 15.9. The summed E-state index contributed by atoms with van der Waals surface area (Å²) in [4.78, 5) is 66.0. The van der Waals surface area contributed by atoms with Gasteiger partial charge in [0.25, 0.3) is 5.91 Å². The number of hydrogen-bond acceptors (Lipinski definition) is 12. The van der Waals surface area contributed by atoms with Crippen LogP contribution >= 0.6 is 11.3 Å². The largest absolute Gasteiger partial charge is 0.389 e. The van der Waals surface area contributed by atoms with E-state index in [4.69, 9.17) is 5.10 Å². The molecule has 3 aromatic carbocycles. The third-order valence-electron chi connectivity index (χ3n) is 14.4. The molecule has 4 saturated heterocycles. The van der Waals surface area contributed by atoms with Crippen LogP contribution in [0.4, 0.5) is 31.0 Å². The fourth-order valence-corrected chi connectivity index (χ4v) is 11.9. The Hall–Kier alpha value is -6.73. The highest BCUT2D eigenvalue weighted by molar-refractivity contribution is 7.13. The first-order chi connectivity index (χ1) is 32.7. The van der Waals surface area contributed by atoms with Crippen molar-refractivity contribution >= 4 is 68.1 Å². The zero-order valence-electron chi connectivity index (χ0n) is 37.6.